The zero-order valence-electron chi connectivity index (χ0n) is 15.3. The van der Waals surface area contributed by atoms with Gasteiger partial charge in [0.1, 0.15) is 10.1 Å². The highest BCUT2D eigenvalue weighted by molar-refractivity contribution is 8.05. The summed E-state index contributed by atoms with van der Waals surface area (Å²) in [6.07, 6.45) is 3.42. The van der Waals surface area contributed by atoms with Gasteiger partial charge in [0.2, 0.25) is 5.91 Å². The number of carbonyl (C=O) groups is 2. The molecule has 0 aromatic heterocycles. The number of thioether (sulfide) groups is 1. The van der Waals surface area contributed by atoms with Gasteiger partial charge in [-0.3, -0.25) is 9.59 Å². The fraction of sp³-hybridized carbons (Fsp3) is 0.381. The van der Waals surface area contributed by atoms with E-state index in [4.69, 9.17) is 11.6 Å². The molecule has 3 aliphatic rings. The van der Waals surface area contributed by atoms with Crippen LogP contribution >= 0.6 is 23.4 Å². The van der Waals surface area contributed by atoms with E-state index in [0.29, 0.717) is 16.3 Å². The lowest BCUT2D eigenvalue weighted by atomic mass is 9.60. The van der Waals surface area contributed by atoms with Crippen molar-refractivity contribution in [3.63, 3.8) is 0 Å². The molecule has 1 aromatic carbocycles. The molecule has 1 heterocycles. The summed E-state index contributed by atoms with van der Waals surface area (Å²) in [4.78, 5) is 26.9. The van der Waals surface area contributed by atoms with Crippen molar-refractivity contribution in [2.75, 3.05) is 5.32 Å². The number of benzene rings is 1. The van der Waals surface area contributed by atoms with Gasteiger partial charge < -0.3 is 5.32 Å². The van der Waals surface area contributed by atoms with Gasteiger partial charge in [-0.05, 0) is 41.3 Å². The smallest absolute Gasteiger partial charge is 0.232 e. The predicted octanol–water partition coefficient (Wildman–Crippen LogP) is 4.69. The van der Waals surface area contributed by atoms with E-state index >= 15 is 0 Å². The monoisotopic (exact) mass is 398 g/mol. The average molecular weight is 399 g/mol. The van der Waals surface area contributed by atoms with Gasteiger partial charge in [-0.2, -0.15) is 5.26 Å². The molecule has 1 aromatic rings. The Morgan fingerprint density at radius 3 is 2.67 bits per heavy atom. The van der Waals surface area contributed by atoms with Crippen LogP contribution in [0.2, 0.25) is 0 Å². The van der Waals surface area contributed by atoms with Crippen molar-refractivity contribution >= 4 is 40.7 Å². The molecule has 4 rings (SSSR count). The summed E-state index contributed by atoms with van der Waals surface area (Å²) in [5, 5.41) is 15.3. The summed E-state index contributed by atoms with van der Waals surface area (Å²) in [6, 6.07) is 5.51. The fourth-order valence-corrected chi connectivity index (χ4v) is 6.50. The highest BCUT2D eigenvalue weighted by Gasteiger charge is 2.67. The van der Waals surface area contributed by atoms with Gasteiger partial charge in [-0.25, -0.2) is 0 Å². The maximum atomic E-state index is 14.0. The second-order valence-corrected chi connectivity index (χ2v) is 9.55. The number of fused-ring (bicyclic) bond motifs is 3. The first-order chi connectivity index (χ1) is 12.7. The predicted molar refractivity (Wildman–Crippen MR) is 107 cm³/mol. The lowest BCUT2D eigenvalue weighted by Crippen LogP contribution is -2.53. The molecule has 2 bridgehead atoms. The van der Waals surface area contributed by atoms with Crippen LogP contribution in [0.3, 0.4) is 0 Å². The molecule has 4 atom stereocenters. The first kappa shape index (κ1) is 18.3. The summed E-state index contributed by atoms with van der Waals surface area (Å²) in [5.41, 5.74) is 0.538. The Kier molecular flexibility index (Phi) is 3.73. The van der Waals surface area contributed by atoms with E-state index in [1.807, 2.05) is 39.0 Å². The Hall–Kier alpha value is -2.03. The van der Waals surface area contributed by atoms with Crippen molar-refractivity contribution < 1.29 is 9.59 Å². The number of rotatable bonds is 2. The van der Waals surface area contributed by atoms with E-state index in [9.17, 15) is 14.9 Å². The van der Waals surface area contributed by atoms with Gasteiger partial charge in [0.25, 0.3) is 0 Å². The number of anilines is 1. The van der Waals surface area contributed by atoms with E-state index in [1.54, 1.807) is 12.2 Å². The van der Waals surface area contributed by atoms with Crippen molar-refractivity contribution in [1.29, 1.82) is 5.26 Å². The van der Waals surface area contributed by atoms with Gasteiger partial charge >= 0.3 is 0 Å². The van der Waals surface area contributed by atoms with Crippen molar-refractivity contribution in [2.45, 2.75) is 31.4 Å². The molecule has 0 spiro atoms. The third-order valence-electron chi connectivity index (χ3n) is 6.62. The Morgan fingerprint density at radius 2 is 2.04 bits per heavy atom. The minimum Gasteiger partial charge on any atom is -0.325 e. The third-order valence-corrected chi connectivity index (χ3v) is 8.38. The van der Waals surface area contributed by atoms with Crippen molar-refractivity contribution in [3.05, 3.63) is 53.1 Å². The first-order valence-corrected chi connectivity index (χ1v) is 9.93. The molecule has 6 heteroatoms. The number of amides is 1. The zero-order valence-corrected chi connectivity index (χ0v) is 16.9. The van der Waals surface area contributed by atoms with E-state index in [2.05, 4.69) is 17.3 Å². The van der Waals surface area contributed by atoms with Crippen LogP contribution < -0.4 is 5.32 Å². The number of hydrogen-bond acceptors (Lipinski definition) is 4. The number of halogens is 1. The van der Waals surface area contributed by atoms with Gasteiger partial charge in [-0.1, -0.05) is 49.7 Å². The number of nitrogens with one attached hydrogen (secondary N) is 1. The number of Topliss-reactive ketones (excluding diaryl/α,β-unsaturated/α-hetero) is 1. The van der Waals surface area contributed by atoms with Crippen LogP contribution in [-0.4, -0.2) is 11.7 Å². The second-order valence-electron chi connectivity index (χ2n) is 8.15. The lowest BCUT2D eigenvalue weighted by molar-refractivity contribution is -0.130. The molecule has 0 saturated heterocycles. The van der Waals surface area contributed by atoms with Gasteiger partial charge in [0, 0.05) is 22.1 Å². The maximum Gasteiger partial charge on any atom is 0.232 e. The quantitative estimate of drug-likeness (QED) is 0.579. The number of thiocyanates is 1. The van der Waals surface area contributed by atoms with E-state index in [-0.39, 0.29) is 11.7 Å². The van der Waals surface area contributed by atoms with Gasteiger partial charge in [-0.15, -0.1) is 6.58 Å². The van der Waals surface area contributed by atoms with Crippen molar-refractivity contribution in [1.82, 2.24) is 0 Å². The van der Waals surface area contributed by atoms with E-state index in [0.717, 1.165) is 17.3 Å². The van der Waals surface area contributed by atoms with E-state index < -0.39 is 27.4 Å². The SMILES string of the molecule is C=C[C@]1(C)C(Cl)=C[C@H]2C(=O)[C@]1(SC#N)c1cccc3c1[C@@H](C(=O)N3)C2(C)C. The molecule has 0 unspecified atom stereocenters. The number of nitriles is 1. The van der Waals surface area contributed by atoms with Crippen LogP contribution in [0.4, 0.5) is 5.69 Å². The summed E-state index contributed by atoms with van der Waals surface area (Å²) >= 11 is 7.65. The summed E-state index contributed by atoms with van der Waals surface area (Å²) < 4.78 is -1.26. The molecule has 0 radical (unpaired) electrons. The molecule has 0 saturated carbocycles. The van der Waals surface area contributed by atoms with E-state index in [1.165, 1.54) is 0 Å². The van der Waals surface area contributed by atoms with Crippen molar-refractivity contribution in [2.24, 2.45) is 16.7 Å². The normalized spacial score (nSPS) is 35.4. The highest BCUT2D eigenvalue weighted by Crippen LogP contribution is 2.67. The number of nitrogens with zero attached hydrogens (tertiary/aromatic N) is 1. The number of hydrogen-bond donors (Lipinski definition) is 1. The van der Waals surface area contributed by atoms with Crippen LogP contribution in [-0.2, 0) is 14.3 Å². The van der Waals surface area contributed by atoms with Crippen molar-refractivity contribution in [3.8, 4) is 5.40 Å². The molecule has 0 fully saturated rings. The third kappa shape index (κ3) is 1.90. The largest absolute Gasteiger partial charge is 0.325 e. The number of allylic oxidation sites excluding steroid dienone is 3. The summed E-state index contributed by atoms with van der Waals surface area (Å²) in [7, 11) is 0. The number of ketones is 1. The van der Waals surface area contributed by atoms with Crippen LogP contribution in [0.25, 0.3) is 0 Å². The Bertz CT molecular complexity index is 992. The minimum atomic E-state index is -1.26. The molecule has 4 nitrogen and oxygen atoms in total. The molecular weight excluding hydrogens is 380 g/mol. The fourth-order valence-electron chi connectivity index (χ4n) is 5.04. The highest BCUT2D eigenvalue weighted by atomic mass is 35.5. The molecular formula is C21H19ClN2O2S. The topological polar surface area (TPSA) is 70.0 Å². The molecule has 138 valence electrons. The minimum absolute atomic E-state index is 0.0959. The summed E-state index contributed by atoms with van der Waals surface area (Å²) in [5.74, 6) is -1.30. The average Bonchev–Trinajstić information content (AvgIpc) is 2.95. The Balaban J connectivity index is 2.23. The number of carbonyl (C=O) groups excluding carboxylic acids is 2. The molecule has 1 amide bonds. The molecule has 1 N–H and O–H groups in total. The van der Waals surface area contributed by atoms with Crippen LogP contribution in [0.15, 0.2) is 42.0 Å². The Labute approximate surface area is 167 Å². The molecule has 27 heavy (non-hydrogen) atoms. The molecule has 2 aliphatic carbocycles. The van der Waals surface area contributed by atoms with Crippen LogP contribution in [0.1, 0.15) is 37.8 Å². The van der Waals surface area contributed by atoms with Crippen LogP contribution in [0.5, 0.6) is 0 Å². The second kappa shape index (κ2) is 5.50. The Morgan fingerprint density at radius 1 is 1.33 bits per heavy atom. The zero-order chi connectivity index (χ0) is 19.8. The lowest BCUT2D eigenvalue weighted by Gasteiger charge is -2.49. The van der Waals surface area contributed by atoms with Gasteiger partial charge in [0.05, 0.1) is 5.92 Å². The molecule has 1 aliphatic heterocycles. The standard InChI is InChI=1S/C21H19ClN2O2S/c1-5-20(4)14(22)9-12-17(25)21(20,27-10-23)11-7-6-8-13-15(11)16(18(26)24-13)19(12,2)3/h5-9,12,16H,1H2,2-4H3,(H,24,26)/t12-,16-,20+,21+/m0/s1. The first-order valence-electron chi connectivity index (χ1n) is 8.74. The maximum absolute atomic E-state index is 14.0. The van der Waals surface area contributed by atoms with Gasteiger partial charge in [0.15, 0.2) is 5.78 Å². The summed E-state index contributed by atoms with van der Waals surface area (Å²) in [6.45, 7) is 9.64. The van der Waals surface area contributed by atoms with Crippen LogP contribution in [0, 0.1) is 27.4 Å².